The molecule has 0 aliphatic rings. The Hall–Kier alpha value is 3.65. The Bertz CT molecular complexity index is 32.4. The summed E-state index contributed by atoms with van der Waals surface area (Å²) >= 11 is 0. The summed E-state index contributed by atoms with van der Waals surface area (Å²) in [7, 11) is 2.08. The molecule has 94 valence electrons. The molecule has 14 heavy (non-hydrogen) atoms. The number of rotatable bonds is 0. The molecule has 2 N–H and O–H groups in total. The van der Waals surface area contributed by atoms with Crippen LogP contribution in [-0.4, -0.2) is 5.48 Å². The van der Waals surface area contributed by atoms with Gasteiger partial charge in [-0.3, -0.25) is 4.57 Å². The molecule has 0 aliphatic heterocycles. The third kappa shape index (κ3) is 252. The van der Waals surface area contributed by atoms with Crippen LogP contribution in [0.15, 0.2) is 0 Å². The third-order valence-corrected chi connectivity index (χ3v) is 0. The summed E-state index contributed by atoms with van der Waals surface area (Å²) in [5, 5.41) is 0. The molecule has 0 aliphatic carbocycles. The van der Waals surface area contributed by atoms with Crippen molar-refractivity contribution >= 4 is 17.1 Å². The predicted octanol–water partition coefficient (Wildman–Crippen LogP) is 4.14. The fraction of sp³-hybridized carbons (Fsp3) is 0.571. The van der Waals surface area contributed by atoms with E-state index in [-0.39, 0.29) is 159 Å². The van der Waals surface area contributed by atoms with Crippen LogP contribution in [0.5, 0.6) is 0 Å². The van der Waals surface area contributed by atoms with Crippen LogP contribution in [0.1, 0.15) is 29.7 Å². The first-order valence-corrected chi connectivity index (χ1v) is 2.87. The Morgan fingerprint density at radius 1 is 0.714 bits per heavy atom. The van der Waals surface area contributed by atoms with E-state index < -0.39 is 0 Å². The van der Waals surface area contributed by atoms with E-state index in [2.05, 4.69) is 0 Å². The van der Waals surface area contributed by atoms with Crippen LogP contribution in [0.4, 0.5) is 0 Å². The van der Waals surface area contributed by atoms with Crippen LogP contribution in [0.25, 0.3) is 0 Å². The van der Waals surface area contributed by atoms with Gasteiger partial charge in [0.1, 0.15) is 0 Å². The van der Waals surface area contributed by atoms with Crippen molar-refractivity contribution in [2.75, 3.05) is 0 Å². The Morgan fingerprint density at radius 3 is 0.714 bits per heavy atom. The Kier molecular flexibility index (Phi) is 2070. The van der Waals surface area contributed by atoms with E-state index >= 15 is 0 Å². The van der Waals surface area contributed by atoms with Gasteiger partial charge in [0.2, 0.25) is 0 Å². The van der Waals surface area contributed by atoms with Gasteiger partial charge >= 0.3 is 0 Å². The van der Waals surface area contributed by atoms with Gasteiger partial charge in [-0.25, -0.2) is 0 Å². The largest absolute Gasteiger partial charge is 0.412 e. The molecule has 0 amide bonds. The number of hydrogen-bond donors (Lipinski definition) is 0. The van der Waals surface area contributed by atoms with E-state index in [0.29, 0.717) is 0 Å². The van der Waals surface area contributed by atoms with E-state index in [0.717, 1.165) is 0 Å². The topological polar surface area (TPSA) is 48.6 Å². The summed E-state index contributed by atoms with van der Waals surface area (Å²) in [6, 6.07) is 0. The van der Waals surface area contributed by atoms with Crippen LogP contribution in [-0.2, 0) is 4.57 Å². The third-order valence-electron chi connectivity index (χ3n) is 0. The van der Waals surface area contributed by atoms with Gasteiger partial charge in [-0.2, -0.15) is 0 Å². The SMILES string of the molecule is C.C.C.C.O.O=PP.[CH3-].[CH3-].[CH3-].[U].[U].[U]. The standard InChI is InChI=1S/4CH4.3CH3.H2OP2.H2O.3U/c;;;;;;;1-3-2;;;;/h4*1H4;3*1H3;2H2;1H2;;;/q;;;;3*-1;;;;;. The van der Waals surface area contributed by atoms with Gasteiger partial charge < -0.3 is 27.8 Å². The van der Waals surface area contributed by atoms with Crippen LogP contribution < -0.4 is 0 Å². The molecule has 0 bridgehead atoms. The van der Waals surface area contributed by atoms with E-state index in [9.17, 15) is 0 Å². The summed E-state index contributed by atoms with van der Waals surface area (Å²) < 4.78 is 8.87. The smallest absolute Gasteiger partial charge is 0.174 e. The molecule has 0 aromatic rings. The van der Waals surface area contributed by atoms with Gasteiger partial charge in [-0.15, -0.1) is 0 Å². The Morgan fingerprint density at radius 2 is 0.714 bits per heavy atom. The molecular weight excluding hydrogens is 892 g/mol. The fourth-order valence-corrected chi connectivity index (χ4v) is 0. The molecule has 0 rings (SSSR count). The van der Waals surface area contributed by atoms with E-state index in [4.69, 9.17) is 4.57 Å². The molecule has 0 heterocycles. The van der Waals surface area contributed by atoms with Crippen molar-refractivity contribution in [1.29, 1.82) is 0 Å². The van der Waals surface area contributed by atoms with E-state index in [1.165, 1.54) is 0 Å². The van der Waals surface area contributed by atoms with E-state index in [1.54, 1.807) is 0 Å². The minimum absolute atomic E-state index is 0. The molecule has 0 radical (unpaired) electrons. The molecular formula is C7H29O2P2U3-3. The second kappa shape index (κ2) is 189. The normalized spacial score (nSPS) is 1.50. The number of hydrogen-bond acceptors (Lipinski definition) is 1. The molecule has 7 heteroatoms. The fourth-order valence-electron chi connectivity index (χ4n) is 0. The first kappa shape index (κ1) is 153. The maximum Gasteiger partial charge on any atom is 0.174 e. The van der Waals surface area contributed by atoms with Gasteiger partial charge in [0, 0.05) is 93.3 Å². The molecule has 1 atom stereocenters. The minimum atomic E-state index is 0. The zero-order valence-electron chi connectivity index (χ0n) is 6.43. The monoisotopic (exact) mass is 921 g/mol. The zero-order valence-corrected chi connectivity index (χ0v) is 21.0. The van der Waals surface area contributed by atoms with Crippen LogP contribution in [0.3, 0.4) is 0 Å². The molecule has 0 aromatic carbocycles. The molecule has 0 aromatic heterocycles. The van der Waals surface area contributed by atoms with Crippen molar-refractivity contribution in [3.8, 4) is 0 Å². The maximum absolute atomic E-state index is 8.87. The average Bonchev–Trinajstić information content (AvgIpc) is 0.918. The van der Waals surface area contributed by atoms with Crippen molar-refractivity contribution in [3.05, 3.63) is 22.3 Å². The predicted molar refractivity (Wildman–Crippen MR) is 67.1 cm³/mol. The van der Waals surface area contributed by atoms with Crippen molar-refractivity contribution in [3.63, 3.8) is 0 Å². The second-order valence-electron chi connectivity index (χ2n) is 0.105. The first-order valence-electron chi connectivity index (χ1n) is 0.441. The molecule has 1 unspecified atom stereocenters. The molecule has 0 saturated carbocycles. The molecule has 0 saturated heterocycles. The van der Waals surface area contributed by atoms with Gasteiger partial charge in [-0.05, 0) is 8.93 Å². The summed E-state index contributed by atoms with van der Waals surface area (Å²) in [6.07, 6.45) is 0. The van der Waals surface area contributed by atoms with Crippen molar-refractivity contribution < 1.29 is 103 Å². The Balaban J connectivity index is -0.000000000364. The van der Waals surface area contributed by atoms with Crippen LogP contribution >= 0.6 is 17.1 Å². The van der Waals surface area contributed by atoms with Crippen molar-refractivity contribution in [2.24, 2.45) is 0 Å². The van der Waals surface area contributed by atoms with Crippen molar-refractivity contribution in [2.45, 2.75) is 29.7 Å². The quantitative estimate of drug-likeness (QED) is 0.267. The van der Waals surface area contributed by atoms with Crippen molar-refractivity contribution in [1.82, 2.24) is 0 Å². The second-order valence-corrected chi connectivity index (χ2v) is 0.949. The van der Waals surface area contributed by atoms with E-state index in [1.807, 2.05) is 8.93 Å². The van der Waals surface area contributed by atoms with Crippen LogP contribution in [0, 0.1) is 116 Å². The average molecular weight is 921 g/mol. The summed E-state index contributed by atoms with van der Waals surface area (Å²) in [5.74, 6) is 0. The minimum Gasteiger partial charge on any atom is -0.412 e. The summed E-state index contributed by atoms with van der Waals surface area (Å²) in [4.78, 5) is 0. The van der Waals surface area contributed by atoms with Crippen LogP contribution in [0.2, 0.25) is 0 Å². The maximum atomic E-state index is 8.87. The van der Waals surface area contributed by atoms with Gasteiger partial charge in [0.05, 0.1) is 0 Å². The zero-order chi connectivity index (χ0) is 2.71. The summed E-state index contributed by atoms with van der Waals surface area (Å²) in [5.41, 5.74) is 0. The van der Waals surface area contributed by atoms with Gasteiger partial charge in [0.25, 0.3) is 0 Å². The Labute approximate surface area is 169 Å². The first-order chi connectivity index (χ1) is 1.41. The molecule has 0 spiro atoms. The molecule has 0 fully saturated rings. The summed E-state index contributed by atoms with van der Waals surface area (Å²) in [6.45, 7) is 0. The van der Waals surface area contributed by atoms with Gasteiger partial charge in [0.15, 0.2) is 8.15 Å². The molecule has 2 nitrogen and oxygen atoms in total. The van der Waals surface area contributed by atoms with Gasteiger partial charge in [-0.1, -0.05) is 29.7 Å².